The zero-order valence-electron chi connectivity index (χ0n) is 18.2. The Labute approximate surface area is 185 Å². The second-order valence-electron chi connectivity index (χ2n) is 8.80. The Kier molecular flexibility index (Phi) is 7.36. The number of nitrogens with zero attached hydrogens (tertiary/aromatic N) is 1. The predicted octanol–water partition coefficient (Wildman–Crippen LogP) is 3.72. The van der Waals surface area contributed by atoms with Gasteiger partial charge in [0.2, 0.25) is 11.8 Å². The molecule has 2 aromatic carbocycles. The molecule has 1 aliphatic carbocycles. The van der Waals surface area contributed by atoms with Crippen LogP contribution in [0.5, 0.6) is 0 Å². The zero-order valence-corrected chi connectivity index (χ0v) is 18.2. The van der Waals surface area contributed by atoms with E-state index in [-0.39, 0.29) is 17.9 Å². The highest BCUT2D eigenvalue weighted by Crippen LogP contribution is 2.25. The van der Waals surface area contributed by atoms with Crippen LogP contribution in [0.25, 0.3) is 0 Å². The standard InChI is InChI=1S/C26H33N3O2/c30-25(12-9-20-5-2-1-3-6-20)27-23-13-16-29(17-14-23)18-15-26(31)28-24-11-10-21-7-4-8-22(21)19-24/h1-3,5-6,10-11,19,23H,4,7-9,12-18H2,(H,27,30)(H,28,31). The van der Waals surface area contributed by atoms with Gasteiger partial charge in [-0.05, 0) is 67.3 Å². The number of fused-ring (bicyclic) bond motifs is 1. The minimum Gasteiger partial charge on any atom is -0.353 e. The molecule has 0 bridgehead atoms. The summed E-state index contributed by atoms with van der Waals surface area (Å²) < 4.78 is 0. The van der Waals surface area contributed by atoms with Gasteiger partial charge in [0, 0.05) is 44.2 Å². The number of nitrogens with one attached hydrogen (secondary N) is 2. The maximum atomic E-state index is 12.4. The Morgan fingerprint density at radius 1 is 0.903 bits per heavy atom. The molecule has 2 aliphatic rings. The molecule has 5 heteroatoms. The molecule has 0 saturated carbocycles. The van der Waals surface area contributed by atoms with Gasteiger partial charge in [0.15, 0.2) is 0 Å². The molecule has 1 fully saturated rings. The zero-order chi connectivity index (χ0) is 21.5. The largest absolute Gasteiger partial charge is 0.353 e. The number of amides is 2. The number of hydrogen-bond donors (Lipinski definition) is 2. The molecule has 0 atom stereocenters. The van der Waals surface area contributed by atoms with Crippen molar-refractivity contribution in [1.82, 2.24) is 10.2 Å². The van der Waals surface area contributed by atoms with Gasteiger partial charge < -0.3 is 15.5 Å². The highest BCUT2D eigenvalue weighted by atomic mass is 16.2. The molecule has 1 heterocycles. The van der Waals surface area contributed by atoms with Crippen LogP contribution in [0.1, 0.15) is 48.8 Å². The normalized spacial score (nSPS) is 16.6. The molecule has 2 aromatic rings. The van der Waals surface area contributed by atoms with Crippen LogP contribution in [-0.2, 0) is 28.9 Å². The van der Waals surface area contributed by atoms with E-state index in [1.165, 1.54) is 23.1 Å². The van der Waals surface area contributed by atoms with Gasteiger partial charge in [-0.3, -0.25) is 9.59 Å². The van der Waals surface area contributed by atoms with Crippen LogP contribution in [0.4, 0.5) is 5.69 Å². The van der Waals surface area contributed by atoms with Gasteiger partial charge in [-0.1, -0.05) is 36.4 Å². The lowest BCUT2D eigenvalue weighted by Gasteiger charge is -2.32. The summed E-state index contributed by atoms with van der Waals surface area (Å²) in [7, 11) is 0. The number of piperidine rings is 1. The van der Waals surface area contributed by atoms with Crippen LogP contribution in [0, 0.1) is 0 Å². The molecule has 2 amide bonds. The molecule has 5 nitrogen and oxygen atoms in total. The Morgan fingerprint density at radius 3 is 2.48 bits per heavy atom. The smallest absolute Gasteiger partial charge is 0.225 e. The molecular weight excluding hydrogens is 386 g/mol. The maximum absolute atomic E-state index is 12.4. The van der Waals surface area contributed by atoms with Crippen LogP contribution in [-0.4, -0.2) is 42.4 Å². The number of carbonyl (C=O) groups is 2. The first-order chi connectivity index (χ1) is 15.2. The van der Waals surface area contributed by atoms with Gasteiger partial charge in [-0.15, -0.1) is 0 Å². The van der Waals surface area contributed by atoms with E-state index in [4.69, 9.17) is 0 Å². The van der Waals surface area contributed by atoms with E-state index in [2.05, 4.69) is 39.8 Å². The molecule has 0 unspecified atom stereocenters. The monoisotopic (exact) mass is 419 g/mol. The van der Waals surface area contributed by atoms with Crippen LogP contribution < -0.4 is 10.6 Å². The summed E-state index contributed by atoms with van der Waals surface area (Å²) in [4.78, 5) is 26.9. The summed E-state index contributed by atoms with van der Waals surface area (Å²) in [5.41, 5.74) is 4.92. The summed E-state index contributed by atoms with van der Waals surface area (Å²) in [5.74, 6) is 0.213. The average molecular weight is 420 g/mol. The molecule has 2 N–H and O–H groups in total. The van der Waals surface area contributed by atoms with Gasteiger partial charge in [-0.25, -0.2) is 0 Å². The van der Waals surface area contributed by atoms with Crippen LogP contribution in [0.3, 0.4) is 0 Å². The second kappa shape index (κ2) is 10.6. The van der Waals surface area contributed by atoms with Crippen molar-refractivity contribution in [3.05, 3.63) is 65.2 Å². The molecule has 1 saturated heterocycles. The molecular formula is C26H33N3O2. The fourth-order valence-corrected chi connectivity index (χ4v) is 4.64. The first-order valence-electron chi connectivity index (χ1n) is 11.6. The van der Waals surface area contributed by atoms with Crippen molar-refractivity contribution in [3.8, 4) is 0 Å². The fourth-order valence-electron chi connectivity index (χ4n) is 4.64. The molecule has 4 rings (SSSR count). The van der Waals surface area contributed by atoms with Crippen molar-refractivity contribution in [2.45, 2.75) is 57.4 Å². The molecule has 0 spiro atoms. The minimum absolute atomic E-state index is 0.0780. The quantitative estimate of drug-likeness (QED) is 0.686. The van der Waals surface area contributed by atoms with Crippen molar-refractivity contribution in [2.75, 3.05) is 25.0 Å². The summed E-state index contributed by atoms with van der Waals surface area (Å²) >= 11 is 0. The van der Waals surface area contributed by atoms with Crippen LogP contribution in [0.2, 0.25) is 0 Å². The van der Waals surface area contributed by atoms with E-state index in [0.717, 1.165) is 57.4 Å². The van der Waals surface area contributed by atoms with Crippen molar-refractivity contribution >= 4 is 17.5 Å². The first-order valence-corrected chi connectivity index (χ1v) is 11.6. The van der Waals surface area contributed by atoms with Gasteiger partial charge in [0.1, 0.15) is 0 Å². The average Bonchev–Trinajstić information content (AvgIpc) is 3.26. The summed E-state index contributed by atoms with van der Waals surface area (Å²) in [6, 6.07) is 16.7. The number of benzene rings is 2. The van der Waals surface area contributed by atoms with Crippen molar-refractivity contribution < 1.29 is 9.59 Å². The third-order valence-electron chi connectivity index (χ3n) is 6.47. The molecule has 0 aromatic heterocycles. The highest BCUT2D eigenvalue weighted by molar-refractivity contribution is 5.91. The second-order valence-corrected chi connectivity index (χ2v) is 8.80. The first kappa shape index (κ1) is 21.6. The Hall–Kier alpha value is -2.66. The van der Waals surface area contributed by atoms with Crippen molar-refractivity contribution in [3.63, 3.8) is 0 Å². The Morgan fingerprint density at radius 2 is 1.68 bits per heavy atom. The van der Waals surface area contributed by atoms with E-state index in [1.807, 2.05) is 24.3 Å². The van der Waals surface area contributed by atoms with Gasteiger partial charge in [0.05, 0.1) is 0 Å². The molecule has 1 aliphatic heterocycles. The lowest BCUT2D eigenvalue weighted by atomic mass is 10.0. The lowest BCUT2D eigenvalue weighted by molar-refractivity contribution is -0.122. The van der Waals surface area contributed by atoms with Crippen molar-refractivity contribution in [2.24, 2.45) is 0 Å². The third kappa shape index (κ3) is 6.41. The number of anilines is 1. The summed E-state index contributed by atoms with van der Waals surface area (Å²) in [5, 5.41) is 6.23. The predicted molar refractivity (Wildman–Crippen MR) is 124 cm³/mol. The van der Waals surface area contributed by atoms with Gasteiger partial charge >= 0.3 is 0 Å². The number of rotatable bonds is 8. The maximum Gasteiger partial charge on any atom is 0.225 e. The van der Waals surface area contributed by atoms with E-state index in [0.29, 0.717) is 12.8 Å². The number of likely N-dealkylation sites (tertiary alicyclic amines) is 1. The molecule has 31 heavy (non-hydrogen) atoms. The minimum atomic E-state index is 0.0780. The van der Waals surface area contributed by atoms with Crippen LogP contribution >= 0.6 is 0 Å². The highest BCUT2D eigenvalue weighted by Gasteiger charge is 2.21. The molecule has 164 valence electrons. The third-order valence-corrected chi connectivity index (χ3v) is 6.47. The van der Waals surface area contributed by atoms with E-state index >= 15 is 0 Å². The van der Waals surface area contributed by atoms with E-state index in [9.17, 15) is 9.59 Å². The lowest BCUT2D eigenvalue weighted by Crippen LogP contribution is -2.45. The van der Waals surface area contributed by atoms with E-state index < -0.39 is 0 Å². The van der Waals surface area contributed by atoms with Crippen LogP contribution in [0.15, 0.2) is 48.5 Å². The van der Waals surface area contributed by atoms with Gasteiger partial charge in [0.25, 0.3) is 0 Å². The Balaban J connectivity index is 1.12. The van der Waals surface area contributed by atoms with E-state index in [1.54, 1.807) is 0 Å². The fraction of sp³-hybridized carbons (Fsp3) is 0.462. The number of carbonyl (C=O) groups excluding carboxylic acids is 2. The summed E-state index contributed by atoms with van der Waals surface area (Å²) in [6.07, 6.45) is 7.22. The van der Waals surface area contributed by atoms with Gasteiger partial charge in [-0.2, -0.15) is 0 Å². The van der Waals surface area contributed by atoms with Crippen molar-refractivity contribution in [1.29, 1.82) is 0 Å². The SMILES string of the molecule is O=C(CCN1CCC(NC(=O)CCc2ccccc2)CC1)Nc1ccc2c(c1)CCC2. The number of aryl methyl sites for hydroxylation is 3. The summed E-state index contributed by atoms with van der Waals surface area (Å²) in [6.45, 7) is 2.62. The number of hydrogen-bond acceptors (Lipinski definition) is 3. The molecule has 0 radical (unpaired) electrons. The topological polar surface area (TPSA) is 61.4 Å². The Bertz CT molecular complexity index is 889.